The predicted molar refractivity (Wildman–Crippen MR) is 108 cm³/mol. The summed E-state index contributed by atoms with van der Waals surface area (Å²) in [6, 6.07) is 21.9. The Morgan fingerprint density at radius 2 is 1.59 bits per heavy atom. The minimum Gasteiger partial charge on any atom is -0.340 e. The number of imidazole rings is 1. The molecule has 0 aliphatic carbocycles. The maximum atomic E-state index is 12.7. The van der Waals surface area contributed by atoms with Crippen molar-refractivity contribution < 1.29 is 4.79 Å². The Balaban J connectivity index is 1.56. The molecule has 0 fully saturated rings. The highest BCUT2D eigenvalue weighted by Crippen LogP contribution is 2.17. The topological polar surface area (TPSA) is 47.2 Å². The number of aromatic nitrogens is 2. The fourth-order valence-electron chi connectivity index (χ4n) is 3.47. The van der Waals surface area contributed by atoms with Gasteiger partial charge in [-0.25, -0.2) is 4.79 Å². The summed E-state index contributed by atoms with van der Waals surface area (Å²) in [5, 5.41) is 2.33. The molecule has 1 aromatic heterocycles. The molecule has 4 rings (SSSR count). The van der Waals surface area contributed by atoms with Crippen LogP contribution in [0.15, 0.2) is 71.5 Å². The number of nitrogens with zero attached hydrogens (tertiary/aromatic N) is 3. The molecule has 0 bridgehead atoms. The van der Waals surface area contributed by atoms with Crippen LogP contribution in [0.4, 0.5) is 0 Å². The van der Waals surface area contributed by atoms with Gasteiger partial charge in [-0.2, -0.15) is 0 Å². The number of amides is 1. The van der Waals surface area contributed by atoms with Crippen molar-refractivity contribution in [1.29, 1.82) is 0 Å². The molecular formula is C22H21N3O2. The standard InChI is InChI=1S/C22H21N3O2/c1-23(14-16-11-12-17-7-3-4-8-18(17)13-16)21(26)15-25-20-10-6-5-9-19(20)24(2)22(25)27/h3-13H,14-15H2,1-2H3. The van der Waals surface area contributed by atoms with Crippen LogP contribution in [0.2, 0.25) is 0 Å². The highest BCUT2D eigenvalue weighted by atomic mass is 16.2. The monoisotopic (exact) mass is 359 g/mol. The van der Waals surface area contributed by atoms with E-state index in [1.165, 1.54) is 9.95 Å². The van der Waals surface area contributed by atoms with Crippen LogP contribution in [0.5, 0.6) is 0 Å². The maximum Gasteiger partial charge on any atom is 0.329 e. The second kappa shape index (κ2) is 6.76. The second-order valence-corrected chi connectivity index (χ2v) is 6.85. The first-order valence-corrected chi connectivity index (χ1v) is 8.90. The van der Waals surface area contributed by atoms with Crippen LogP contribution in [0, 0.1) is 0 Å². The average molecular weight is 359 g/mol. The zero-order valence-corrected chi connectivity index (χ0v) is 15.4. The van der Waals surface area contributed by atoms with Gasteiger partial charge in [-0.15, -0.1) is 0 Å². The van der Waals surface area contributed by atoms with Gasteiger partial charge in [-0.1, -0.05) is 48.5 Å². The van der Waals surface area contributed by atoms with Gasteiger partial charge in [0.15, 0.2) is 0 Å². The molecule has 0 unspecified atom stereocenters. The summed E-state index contributed by atoms with van der Waals surface area (Å²) in [5.74, 6) is -0.0957. The quantitative estimate of drug-likeness (QED) is 0.562. The first kappa shape index (κ1) is 17.1. The van der Waals surface area contributed by atoms with Crippen molar-refractivity contribution in [3.05, 3.63) is 82.8 Å². The largest absolute Gasteiger partial charge is 0.340 e. The number of rotatable bonds is 4. The van der Waals surface area contributed by atoms with E-state index in [-0.39, 0.29) is 18.1 Å². The highest BCUT2D eigenvalue weighted by Gasteiger charge is 2.16. The van der Waals surface area contributed by atoms with Gasteiger partial charge in [0.1, 0.15) is 6.54 Å². The van der Waals surface area contributed by atoms with E-state index in [0.717, 1.165) is 22.0 Å². The van der Waals surface area contributed by atoms with Crippen molar-refractivity contribution in [3.8, 4) is 0 Å². The number of benzene rings is 3. The minimum atomic E-state index is -0.177. The lowest BCUT2D eigenvalue weighted by Crippen LogP contribution is -2.33. The Hall–Kier alpha value is -3.34. The van der Waals surface area contributed by atoms with Crippen LogP contribution in [-0.4, -0.2) is 27.0 Å². The number of hydrogen-bond donors (Lipinski definition) is 0. The van der Waals surface area contributed by atoms with Gasteiger partial charge in [0.2, 0.25) is 5.91 Å². The van der Waals surface area contributed by atoms with Crippen LogP contribution in [0.1, 0.15) is 5.56 Å². The molecule has 0 saturated carbocycles. The lowest BCUT2D eigenvalue weighted by atomic mass is 10.1. The third kappa shape index (κ3) is 3.12. The number of likely N-dealkylation sites (N-methyl/N-ethyl adjacent to an activating group) is 1. The molecule has 0 aliphatic heterocycles. The Labute approximate surface area is 157 Å². The Morgan fingerprint density at radius 1 is 0.926 bits per heavy atom. The molecule has 136 valence electrons. The second-order valence-electron chi connectivity index (χ2n) is 6.85. The van der Waals surface area contributed by atoms with Crippen LogP contribution in [0.25, 0.3) is 21.8 Å². The lowest BCUT2D eigenvalue weighted by Gasteiger charge is -2.18. The van der Waals surface area contributed by atoms with Gasteiger partial charge in [0.25, 0.3) is 0 Å². The number of fused-ring (bicyclic) bond motifs is 2. The van der Waals surface area contributed by atoms with Gasteiger partial charge >= 0.3 is 5.69 Å². The number of para-hydroxylation sites is 2. The van der Waals surface area contributed by atoms with Gasteiger partial charge in [-0.3, -0.25) is 13.9 Å². The van der Waals surface area contributed by atoms with E-state index in [9.17, 15) is 9.59 Å². The number of carbonyl (C=O) groups excluding carboxylic acids is 1. The van der Waals surface area contributed by atoms with Gasteiger partial charge < -0.3 is 4.90 Å². The van der Waals surface area contributed by atoms with Crippen molar-refractivity contribution in [3.63, 3.8) is 0 Å². The fraction of sp³-hybridized carbons (Fsp3) is 0.182. The maximum absolute atomic E-state index is 12.7. The first-order valence-electron chi connectivity index (χ1n) is 8.90. The SMILES string of the molecule is CN(Cc1ccc2ccccc2c1)C(=O)Cn1c(=O)n(C)c2ccccc21. The summed E-state index contributed by atoms with van der Waals surface area (Å²) < 4.78 is 3.11. The summed E-state index contributed by atoms with van der Waals surface area (Å²) in [6.07, 6.45) is 0. The molecule has 5 heteroatoms. The summed E-state index contributed by atoms with van der Waals surface area (Å²) in [4.78, 5) is 26.9. The van der Waals surface area contributed by atoms with E-state index in [1.807, 2.05) is 42.5 Å². The molecule has 5 nitrogen and oxygen atoms in total. The number of hydrogen-bond acceptors (Lipinski definition) is 2. The molecule has 4 aromatic rings. The Kier molecular flexibility index (Phi) is 4.28. The summed E-state index contributed by atoms with van der Waals surface area (Å²) in [5.41, 5.74) is 2.49. The normalized spacial score (nSPS) is 11.2. The van der Waals surface area contributed by atoms with E-state index in [0.29, 0.717) is 6.54 Å². The summed E-state index contributed by atoms with van der Waals surface area (Å²) in [6.45, 7) is 0.535. The van der Waals surface area contributed by atoms with E-state index in [2.05, 4.69) is 24.3 Å². The Bertz CT molecular complexity index is 1200. The molecule has 0 radical (unpaired) electrons. The molecule has 1 amide bonds. The summed E-state index contributed by atoms with van der Waals surface area (Å²) in [7, 11) is 3.50. The van der Waals surface area contributed by atoms with E-state index in [1.54, 1.807) is 23.6 Å². The number of aryl methyl sites for hydroxylation is 1. The van der Waals surface area contributed by atoms with E-state index >= 15 is 0 Å². The van der Waals surface area contributed by atoms with Crippen LogP contribution in [-0.2, 0) is 24.9 Å². The predicted octanol–water partition coefficient (Wildman–Crippen LogP) is 3.15. The fourth-order valence-corrected chi connectivity index (χ4v) is 3.47. The molecule has 1 heterocycles. The highest BCUT2D eigenvalue weighted by molar-refractivity contribution is 5.83. The van der Waals surface area contributed by atoms with Crippen molar-refractivity contribution in [2.24, 2.45) is 7.05 Å². The molecule has 0 saturated heterocycles. The van der Waals surface area contributed by atoms with Gasteiger partial charge in [-0.05, 0) is 34.5 Å². The van der Waals surface area contributed by atoms with Crippen molar-refractivity contribution in [2.45, 2.75) is 13.1 Å². The lowest BCUT2D eigenvalue weighted by molar-refractivity contribution is -0.131. The Morgan fingerprint density at radius 3 is 2.37 bits per heavy atom. The summed E-state index contributed by atoms with van der Waals surface area (Å²) >= 11 is 0. The van der Waals surface area contributed by atoms with Gasteiger partial charge in [0, 0.05) is 20.6 Å². The zero-order chi connectivity index (χ0) is 19.0. The van der Waals surface area contributed by atoms with Crippen LogP contribution in [0.3, 0.4) is 0 Å². The van der Waals surface area contributed by atoms with Crippen LogP contribution >= 0.6 is 0 Å². The van der Waals surface area contributed by atoms with Crippen molar-refractivity contribution >= 4 is 27.7 Å². The van der Waals surface area contributed by atoms with E-state index < -0.39 is 0 Å². The third-order valence-corrected chi connectivity index (χ3v) is 5.00. The van der Waals surface area contributed by atoms with Crippen molar-refractivity contribution in [1.82, 2.24) is 14.0 Å². The van der Waals surface area contributed by atoms with Gasteiger partial charge in [0.05, 0.1) is 11.0 Å². The molecular weight excluding hydrogens is 338 g/mol. The minimum absolute atomic E-state index is 0.0320. The molecule has 3 aromatic carbocycles. The third-order valence-electron chi connectivity index (χ3n) is 5.00. The van der Waals surface area contributed by atoms with Crippen molar-refractivity contribution in [2.75, 3.05) is 7.05 Å². The molecule has 27 heavy (non-hydrogen) atoms. The van der Waals surface area contributed by atoms with E-state index in [4.69, 9.17) is 0 Å². The smallest absolute Gasteiger partial charge is 0.329 e. The molecule has 0 atom stereocenters. The first-order chi connectivity index (χ1) is 13.0. The molecule has 0 aliphatic rings. The average Bonchev–Trinajstić information content (AvgIpc) is 2.93. The van der Waals surface area contributed by atoms with Crippen LogP contribution < -0.4 is 5.69 Å². The zero-order valence-electron chi connectivity index (χ0n) is 15.4. The molecule has 0 N–H and O–H groups in total. The number of carbonyl (C=O) groups is 1. The molecule has 0 spiro atoms.